The summed E-state index contributed by atoms with van der Waals surface area (Å²) in [6.07, 6.45) is 3.29. The molecule has 0 atom stereocenters. The molecule has 184 valence electrons. The predicted octanol–water partition coefficient (Wildman–Crippen LogP) is 8.61. The number of halogens is 7. The molecule has 0 aromatic heterocycles. The lowest BCUT2D eigenvalue weighted by Crippen LogP contribution is -1.96. The zero-order valence-corrected chi connectivity index (χ0v) is 19.1. The van der Waals surface area contributed by atoms with Gasteiger partial charge in [-0.3, -0.25) is 0 Å². The molecular weight excluding hydrogens is 481 g/mol. The van der Waals surface area contributed by atoms with E-state index < -0.39 is 51.7 Å². The summed E-state index contributed by atoms with van der Waals surface area (Å²) in [7, 11) is 0. The van der Waals surface area contributed by atoms with Crippen LogP contribution in [0.1, 0.15) is 42.9 Å². The van der Waals surface area contributed by atoms with Gasteiger partial charge in [0.2, 0.25) is 0 Å². The molecule has 0 saturated heterocycles. The lowest BCUT2D eigenvalue weighted by Gasteiger charge is -2.09. The van der Waals surface area contributed by atoms with Crippen molar-refractivity contribution in [3.8, 4) is 23.0 Å². The summed E-state index contributed by atoms with van der Waals surface area (Å²) >= 11 is 0. The Hall–Kier alpha value is -3.79. The number of aryl methyl sites for hydroxylation is 1. The van der Waals surface area contributed by atoms with Gasteiger partial charge in [-0.25, -0.2) is 30.7 Å². The standard InChI is InChI=1S/C29H19F7/c1-2-3-4-5-17-11-23(31)21(24(32)12-17)9-7-16-6-8-20(22(30)10-16)18-13-19-15-26(34)28(35)29(36)27(19)25(33)14-18/h6,8,10-15H,2-5H2,1H3. The SMILES string of the molecule is CCCCCc1cc(F)c(C#Cc2ccc(-c3cc(F)c4c(F)c(F)c(F)cc4c3)c(F)c2)c(F)c1. The molecule has 0 spiro atoms. The second-order valence-electron chi connectivity index (χ2n) is 8.38. The third-order valence-electron chi connectivity index (χ3n) is 5.81. The fourth-order valence-electron chi connectivity index (χ4n) is 3.97. The van der Waals surface area contributed by atoms with Crippen LogP contribution in [-0.4, -0.2) is 0 Å². The molecule has 4 aromatic carbocycles. The molecule has 4 rings (SSSR count). The molecular formula is C29H19F7. The normalized spacial score (nSPS) is 11.0. The van der Waals surface area contributed by atoms with Crippen molar-refractivity contribution in [3.63, 3.8) is 0 Å². The van der Waals surface area contributed by atoms with Crippen molar-refractivity contribution >= 4 is 10.8 Å². The van der Waals surface area contributed by atoms with Crippen molar-refractivity contribution in [3.05, 3.63) is 106 Å². The summed E-state index contributed by atoms with van der Waals surface area (Å²) in [5.41, 5.74) is 0.0390. The molecule has 0 radical (unpaired) electrons. The molecule has 7 heteroatoms. The summed E-state index contributed by atoms with van der Waals surface area (Å²) in [6.45, 7) is 2.03. The van der Waals surface area contributed by atoms with Crippen LogP contribution in [0.3, 0.4) is 0 Å². The topological polar surface area (TPSA) is 0 Å². The largest absolute Gasteiger partial charge is 0.206 e. The second kappa shape index (κ2) is 10.4. The molecule has 0 amide bonds. The molecule has 0 nitrogen and oxygen atoms in total. The number of benzene rings is 4. The first-order chi connectivity index (χ1) is 17.2. The van der Waals surface area contributed by atoms with Crippen LogP contribution >= 0.6 is 0 Å². The lowest BCUT2D eigenvalue weighted by atomic mass is 9.98. The van der Waals surface area contributed by atoms with E-state index in [2.05, 4.69) is 11.8 Å². The van der Waals surface area contributed by atoms with Gasteiger partial charge in [-0.05, 0) is 71.8 Å². The van der Waals surface area contributed by atoms with E-state index in [1.807, 2.05) is 6.92 Å². The predicted molar refractivity (Wildman–Crippen MR) is 125 cm³/mol. The number of rotatable bonds is 5. The maximum absolute atomic E-state index is 14.8. The molecule has 0 bridgehead atoms. The molecule has 0 heterocycles. The molecule has 0 saturated carbocycles. The fraction of sp³-hybridized carbons (Fsp3) is 0.172. The highest BCUT2D eigenvalue weighted by Gasteiger charge is 2.19. The molecule has 0 aliphatic rings. The zero-order valence-electron chi connectivity index (χ0n) is 19.1. The summed E-state index contributed by atoms with van der Waals surface area (Å²) in [5, 5.41) is -1.03. The number of hydrogen-bond donors (Lipinski definition) is 0. The molecule has 0 aliphatic carbocycles. The van der Waals surface area contributed by atoms with Crippen molar-refractivity contribution in [1.29, 1.82) is 0 Å². The van der Waals surface area contributed by atoms with E-state index in [0.717, 1.165) is 37.5 Å². The van der Waals surface area contributed by atoms with Gasteiger partial charge in [-0.15, -0.1) is 0 Å². The minimum Gasteiger partial charge on any atom is -0.206 e. The van der Waals surface area contributed by atoms with Gasteiger partial charge < -0.3 is 0 Å². The highest BCUT2D eigenvalue weighted by atomic mass is 19.2. The van der Waals surface area contributed by atoms with Crippen LogP contribution in [0, 0.1) is 52.6 Å². The van der Waals surface area contributed by atoms with Gasteiger partial charge in [0.25, 0.3) is 0 Å². The van der Waals surface area contributed by atoms with E-state index in [4.69, 9.17) is 0 Å². The van der Waals surface area contributed by atoms with Gasteiger partial charge in [-0.1, -0.05) is 37.7 Å². The lowest BCUT2D eigenvalue weighted by molar-refractivity contribution is 0.451. The Kier molecular flexibility index (Phi) is 7.35. The number of hydrogen-bond acceptors (Lipinski definition) is 0. The Morgan fingerprint density at radius 1 is 0.639 bits per heavy atom. The minimum atomic E-state index is -1.80. The van der Waals surface area contributed by atoms with Crippen molar-refractivity contribution in [1.82, 2.24) is 0 Å². The average Bonchev–Trinajstić information content (AvgIpc) is 2.82. The number of fused-ring (bicyclic) bond motifs is 1. The van der Waals surface area contributed by atoms with Crippen molar-refractivity contribution < 1.29 is 30.7 Å². The third kappa shape index (κ3) is 5.08. The van der Waals surface area contributed by atoms with E-state index in [0.29, 0.717) is 18.1 Å². The monoisotopic (exact) mass is 500 g/mol. The van der Waals surface area contributed by atoms with Crippen LogP contribution in [0.4, 0.5) is 30.7 Å². The summed E-state index contributed by atoms with van der Waals surface area (Å²) in [4.78, 5) is 0. The Balaban J connectivity index is 1.65. The van der Waals surface area contributed by atoms with Crippen LogP contribution in [-0.2, 0) is 6.42 Å². The first-order valence-corrected chi connectivity index (χ1v) is 11.3. The Morgan fingerprint density at radius 3 is 2.03 bits per heavy atom. The van der Waals surface area contributed by atoms with Gasteiger partial charge in [0, 0.05) is 11.1 Å². The third-order valence-corrected chi connectivity index (χ3v) is 5.81. The van der Waals surface area contributed by atoms with Crippen molar-refractivity contribution in [2.75, 3.05) is 0 Å². The van der Waals surface area contributed by atoms with Gasteiger partial charge in [0.15, 0.2) is 17.5 Å². The van der Waals surface area contributed by atoms with Crippen LogP contribution < -0.4 is 0 Å². The maximum atomic E-state index is 14.8. The molecule has 0 aliphatic heterocycles. The van der Waals surface area contributed by atoms with E-state index >= 15 is 0 Å². The molecule has 0 N–H and O–H groups in total. The van der Waals surface area contributed by atoms with Crippen LogP contribution in [0.25, 0.3) is 21.9 Å². The first kappa shape index (κ1) is 25.3. The van der Waals surface area contributed by atoms with E-state index in [1.165, 1.54) is 24.3 Å². The van der Waals surface area contributed by atoms with Gasteiger partial charge in [0.05, 0.1) is 10.9 Å². The van der Waals surface area contributed by atoms with Crippen molar-refractivity contribution in [2.24, 2.45) is 0 Å². The average molecular weight is 500 g/mol. The van der Waals surface area contributed by atoms with Crippen molar-refractivity contribution in [2.45, 2.75) is 32.6 Å². The molecule has 0 fully saturated rings. The molecule has 0 unspecified atom stereocenters. The summed E-state index contributed by atoms with van der Waals surface area (Å²) in [5.74, 6) is -3.75. The quantitative estimate of drug-likeness (QED) is 0.111. The second-order valence-corrected chi connectivity index (χ2v) is 8.38. The summed E-state index contributed by atoms with van der Waals surface area (Å²) in [6, 6.07) is 8.62. The molecule has 36 heavy (non-hydrogen) atoms. The Labute approximate surface area is 203 Å². The molecule has 4 aromatic rings. The van der Waals surface area contributed by atoms with Gasteiger partial charge in [-0.2, -0.15) is 0 Å². The zero-order chi connectivity index (χ0) is 26.0. The van der Waals surface area contributed by atoms with Crippen LogP contribution in [0.15, 0.2) is 48.5 Å². The van der Waals surface area contributed by atoms with E-state index in [9.17, 15) is 30.7 Å². The van der Waals surface area contributed by atoms with Crippen LogP contribution in [0.5, 0.6) is 0 Å². The Morgan fingerprint density at radius 2 is 1.36 bits per heavy atom. The van der Waals surface area contributed by atoms with Gasteiger partial charge in [0.1, 0.15) is 23.3 Å². The maximum Gasteiger partial charge on any atom is 0.195 e. The van der Waals surface area contributed by atoms with Crippen LogP contribution in [0.2, 0.25) is 0 Å². The fourth-order valence-corrected chi connectivity index (χ4v) is 3.97. The minimum absolute atomic E-state index is 0.0434. The highest BCUT2D eigenvalue weighted by molar-refractivity contribution is 5.88. The van der Waals surface area contributed by atoms with Gasteiger partial charge >= 0.3 is 0 Å². The highest BCUT2D eigenvalue weighted by Crippen LogP contribution is 2.32. The Bertz CT molecular complexity index is 1500. The number of unbranched alkanes of at least 4 members (excludes halogenated alkanes) is 2. The van der Waals surface area contributed by atoms with E-state index in [1.54, 1.807) is 0 Å². The summed E-state index contributed by atoms with van der Waals surface area (Å²) < 4.78 is 99.1. The van der Waals surface area contributed by atoms with E-state index in [-0.39, 0.29) is 22.1 Å². The first-order valence-electron chi connectivity index (χ1n) is 11.3. The smallest absolute Gasteiger partial charge is 0.195 e.